The van der Waals surface area contributed by atoms with Crippen LogP contribution in [0, 0.1) is 12.8 Å². The summed E-state index contributed by atoms with van der Waals surface area (Å²) >= 11 is 0. The molecule has 1 atom stereocenters. The Labute approximate surface area is 155 Å². The number of ether oxygens (including phenoxy) is 1. The third kappa shape index (κ3) is 5.39. The molecule has 0 aromatic heterocycles. The maximum Gasteiger partial charge on any atom is 0.254 e. The first-order valence-electron chi connectivity index (χ1n) is 7.97. The number of sulfonamides is 1. The summed E-state index contributed by atoms with van der Waals surface area (Å²) in [4.78, 5) is 14.5. The molecule has 9 heteroatoms. The number of amides is 1. The van der Waals surface area contributed by atoms with E-state index in [9.17, 15) is 13.2 Å². The van der Waals surface area contributed by atoms with Gasteiger partial charge in [-0.05, 0) is 43.5 Å². The molecule has 1 amide bonds. The molecule has 1 aliphatic rings. The van der Waals surface area contributed by atoms with Gasteiger partial charge in [0.15, 0.2) is 0 Å². The van der Waals surface area contributed by atoms with Crippen LogP contribution in [-0.4, -0.2) is 59.1 Å². The SMILES string of the molecule is COCCNS(=O)(=O)c1ccc(C)c(C(=O)N2CCC(CN)C2)c1.Cl. The largest absolute Gasteiger partial charge is 0.383 e. The van der Waals surface area contributed by atoms with Gasteiger partial charge < -0.3 is 15.4 Å². The first kappa shape index (κ1) is 21.9. The molecule has 1 fully saturated rings. The van der Waals surface area contributed by atoms with Gasteiger partial charge in [-0.1, -0.05) is 6.07 Å². The average Bonchev–Trinajstić information content (AvgIpc) is 3.03. The predicted octanol–water partition coefficient (Wildman–Crippen LogP) is 0.762. The smallest absolute Gasteiger partial charge is 0.254 e. The number of aryl methyl sites for hydroxylation is 1. The zero-order valence-electron chi connectivity index (χ0n) is 14.5. The summed E-state index contributed by atoms with van der Waals surface area (Å²) < 4.78 is 31.9. The highest BCUT2D eigenvalue weighted by atomic mass is 35.5. The second kappa shape index (κ2) is 9.49. The van der Waals surface area contributed by atoms with Crippen LogP contribution in [0.15, 0.2) is 23.1 Å². The van der Waals surface area contributed by atoms with Gasteiger partial charge in [-0.2, -0.15) is 0 Å². The number of nitrogens with zero attached hydrogens (tertiary/aromatic N) is 1. The zero-order valence-corrected chi connectivity index (χ0v) is 16.2. The number of rotatable bonds is 7. The molecule has 1 unspecified atom stereocenters. The van der Waals surface area contributed by atoms with Crippen LogP contribution in [0.4, 0.5) is 0 Å². The van der Waals surface area contributed by atoms with E-state index in [-0.39, 0.29) is 36.4 Å². The standard InChI is InChI=1S/C16H25N3O4S.ClH/c1-12-3-4-14(24(21,22)18-6-8-23-2)9-15(12)16(20)19-7-5-13(10-17)11-19;/h3-4,9,13,18H,5-8,10-11,17H2,1-2H3;1H. The second-order valence-electron chi connectivity index (χ2n) is 6.01. The summed E-state index contributed by atoms with van der Waals surface area (Å²) in [7, 11) is -2.16. The number of hydrogen-bond acceptors (Lipinski definition) is 5. The Morgan fingerprint density at radius 2 is 2.16 bits per heavy atom. The van der Waals surface area contributed by atoms with Crippen molar-refractivity contribution >= 4 is 28.3 Å². The topological polar surface area (TPSA) is 102 Å². The number of benzene rings is 1. The molecule has 0 bridgehead atoms. The monoisotopic (exact) mass is 391 g/mol. The van der Waals surface area contributed by atoms with Crippen LogP contribution in [0.25, 0.3) is 0 Å². The highest BCUT2D eigenvalue weighted by molar-refractivity contribution is 7.89. The van der Waals surface area contributed by atoms with Gasteiger partial charge in [-0.15, -0.1) is 12.4 Å². The molecular weight excluding hydrogens is 366 g/mol. The number of halogens is 1. The fraction of sp³-hybridized carbons (Fsp3) is 0.562. The minimum absolute atomic E-state index is 0. The average molecular weight is 392 g/mol. The van der Waals surface area contributed by atoms with E-state index >= 15 is 0 Å². The molecule has 1 saturated heterocycles. The molecular formula is C16H26ClN3O4S. The van der Waals surface area contributed by atoms with Gasteiger partial charge in [-0.25, -0.2) is 13.1 Å². The molecule has 1 aromatic rings. The minimum atomic E-state index is -3.66. The zero-order chi connectivity index (χ0) is 17.7. The minimum Gasteiger partial charge on any atom is -0.383 e. The van der Waals surface area contributed by atoms with E-state index in [1.54, 1.807) is 17.9 Å². The highest BCUT2D eigenvalue weighted by Gasteiger charge is 2.27. The summed E-state index contributed by atoms with van der Waals surface area (Å²) in [5, 5.41) is 0. The van der Waals surface area contributed by atoms with Crippen LogP contribution in [0.2, 0.25) is 0 Å². The molecule has 0 spiro atoms. The van der Waals surface area contributed by atoms with Gasteiger partial charge in [0, 0.05) is 32.3 Å². The number of carbonyl (C=O) groups is 1. The molecule has 142 valence electrons. The van der Waals surface area contributed by atoms with Crippen LogP contribution in [0.5, 0.6) is 0 Å². The van der Waals surface area contributed by atoms with Gasteiger partial charge >= 0.3 is 0 Å². The fourth-order valence-electron chi connectivity index (χ4n) is 2.74. The molecule has 25 heavy (non-hydrogen) atoms. The molecule has 0 radical (unpaired) electrons. The number of nitrogens with two attached hydrogens (primary N) is 1. The summed E-state index contributed by atoms with van der Waals surface area (Å²) in [5.74, 6) is 0.175. The lowest BCUT2D eigenvalue weighted by Crippen LogP contribution is -2.31. The first-order valence-corrected chi connectivity index (χ1v) is 9.46. The Bertz CT molecular complexity index is 697. The Hall–Kier alpha value is -1.19. The van der Waals surface area contributed by atoms with Crippen LogP contribution in [-0.2, 0) is 14.8 Å². The van der Waals surface area contributed by atoms with Gasteiger partial charge in [-0.3, -0.25) is 4.79 Å². The molecule has 7 nitrogen and oxygen atoms in total. The number of methoxy groups -OCH3 is 1. The van der Waals surface area contributed by atoms with E-state index in [1.165, 1.54) is 19.2 Å². The fourth-order valence-corrected chi connectivity index (χ4v) is 3.78. The summed E-state index contributed by atoms with van der Waals surface area (Å²) in [6.45, 7) is 4.10. The first-order chi connectivity index (χ1) is 11.4. The van der Waals surface area contributed by atoms with Gasteiger partial charge in [0.25, 0.3) is 5.91 Å². The van der Waals surface area contributed by atoms with Crippen molar-refractivity contribution in [2.45, 2.75) is 18.2 Å². The van der Waals surface area contributed by atoms with Crippen molar-refractivity contribution in [2.75, 3.05) is 39.9 Å². The Morgan fingerprint density at radius 1 is 1.44 bits per heavy atom. The number of hydrogen-bond donors (Lipinski definition) is 2. The quantitative estimate of drug-likeness (QED) is 0.668. The lowest BCUT2D eigenvalue weighted by atomic mass is 10.1. The number of carbonyl (C=O) groups excluding carboxylic acids is 1. The number of likely N-dealkylation sites (tertiary alicyclic amines) is 1. The van der Waals surface area contributed by atoms with Crippen molar-refractivity contribution < 1.29 is 17.9 Å². The van der Waals surface area contributed by atoms with Crippen molar-refractivity contribution in [1.29, 1.82) is 0 Å². The summed E-state index contributed by atoms with van der Waals surface area (Å²) in [6, 6.07) is 4.62. The molecule has 3 N–H and O–H groups in total. The van der Waals surface area contributed by atoms with Crippen LogP contribution in [0.1, 0.15) is 22.3 Å². The molecule has 1 heterocycles. The lowest BCUT2D eigenvalue weighted by Gasteiger charge is -2.18. The maximum absolute atomic E-state index is 12.7. The van der Waals surface area contributed by atoms with E-state index in [4.69, 9.17) is 10.5 Å². The molecule has 0 aliphatic carbocycles. The maximum atomic E-state index is 12.7. The summed E-state index contributed by atoms with van der Waals surface area (Å²) in [6.07, 6.45) is 0.887. The molecule has 0 saturated carbocycles. The van der Waals surface area contributed by atoms with E-state index in [0.717, 1.165) is 12.0 Å². The van der Waals surface area contributed by atoms with Crippen molar-refractivity contribution in [3.05, 3.63) is 29.3 Å². The predicted molar refractivity (Wildman–Crippen MR) is 98.6 cm³/mol. The Kier molecular flexibility index (Phi) is 8.30. The normalized spacial score (nSPS) is 17.4. The van der Waals surface area contributed by atoms with E-state index in [1.807, 2.05) is 0 Å². The lowest BCUT2D eigenvalue weighted by molar-refractivity contribution is 0.0786. The van der Waals surface area contributed by atoms with Crippen molar-refractivity contribution in [3.8, 4) is 0 Å². The molecule has 1 aliphatic heterocycles. The van der Waals surface area contributed by atoms with Crippen molar-refractivity contribution in [2.24, 2.45) is 11.7 Å². The van der Waals surface area contributed by atoms with Crippen molar-refractivity contribution in [1.82, 2.24) is 9.62 Å². The van der Waals surface area contributed by atoms with Gasteiger partial charge in [0.1, 0.15) is 0 Å². The van der Waals surface area contributed by atoms with Crippen LogP contribution >= 0.6 is 12.4 Å². The Morgan fingerprint density at radius 3 is 2.76 bits per heavy atom. The van der Waals surface area contributed by atoms with Crippen LogP contribution < -0.4 is 10.5 Å². The van der Waals surface area contributed by atoms with E-state index in [0.29, 0.717) is 31.1 Å². The van der Waals surface area contributed by atoms with E-state index in [2.05, 4.69) is 4.72 Å². The number of nitrogens with one attached hydrogen (secondary N) is 1. The highest BCUT2D eigenvalue weighted by Crippen LogP contribution is 2.21. The molecule has 2 rings (SSSR count). The van der Waals surface area contributed by atoms with Crippen molar-refractivity contribution in [3.63, 3.8) is 0 Å². The van der Waals surface area contributed by atoms with E-state index < -0.39 is 10.0 Å². The third-order valence-corrected chi connectivity index (χ3v) is 5.71. The summed E-state index contributed by atoms with van der Waals surface area (Å²) in [5.41, 5.74) is 6.84. The third-order valence-electron chi connectivity index (χ3n) is 4.25. The Balaban J connectivity index is 0.00000312. The second-order valence-corrected chi connectivity index (χ2v) is 7.78. The van der Waals surface area contributed by atoms with Gasteiger partial charge in [0.2, 0.25) is 10.0 Å². The van der Waals surface area contributed by atoms with Gasteiger partial charge in [0.05, 0.1) is 11.5 Å². The van der Waals surface area contributed by atoms with Crippen LogP contribution in [0.3, 0.4) is 0 Å². The molecule has 1 aromatic carbocycles.